The van der Waals surface area contributed by atoms with Gasteiger partial charge in [-0.1, -0.05) is 6.07 Å². The standard InChI is InChI=1S/C19H19N5O/c20-18-15-9-12(1-2-16(15)23-24-18)13-3-6-21-19-14(13)10-17(22-19)11-4-7-25-8-5-11/h1-3,6,9-11H,4-5,7-8H2,(H,21,22)(H3,20,23,24). The number of hydrogen-bond donors (Lipinski definition) is 3. The first-order valence-corrected chi connectivity index (χ1v) is 8.59. The van der Waals surface area contributed by atoms with Crippen molar-refractivity contribution in [2.45, 2.75) is 18.8 Å². The molecule has 4 heterocycles. The molecule has 0 amide bonds. The van der Waals surface area contributed by atoms with Crippen molar-refractivity contribution in [2.24, 2.45) is 0 Å². The molecule has 0 radical (unpaired) electrons. The van der Waals surface area contributed by atoms with Gasteiger partial charge in [-0.3, -0.25) is 5.10 Å². The Kier molecular flexibility index (Phi) is 3.24. The average molecular weight is 333 g/mol. The highest BCUT2D eigenvalue weighted by Gasteiger charge is 2.19. The van der Waals surface area contributed by atoms with Gasteiger partial charge in [-0.25, -0.2) is 4.98 Å². The minimum Gasteiger partial charge on any atom is -0.382 e. The van der Waals surface area contributed by atoms with Crippen LogP contribution in [0.2, 0.25) is 0 Å². The Labute approximate surface area is 144 Å². The molecule has 1 saturated heterocycles. The monoisotopic (exact) mass is 333 g/mol. The maximum Gasteiger partial charge on any atom is 0.153 e. The van der Waals surface area contributed by atoms with Crippen molar-refractivity contribution in [2.75, 3.05) is 18.9 Å². The minimum atomic E-state index is 0.516. The predicted molar refractivity (Wildman–Crippen MR) is 98.4 cm³/mol. The number of aromatic nitrogens is 4. The van der Waals surface area contributed by atoms with E-state index in [9.17, 15) is 0 Å². The number of nitrogens with zero attached hydrogens (tertiary/aromatic N) is 2. The number of ether oxygens (including phenoxy) is 1. The van der Waals surface area contributed by atoms with Crippen molar-refractivity contribution >= 4 is 27.8 Å². The molecule has 4 N–H and O–H groups in total. The third kappa shape index (κ3) is 2.37. The third-order valence-electron chi connectivity index (χ3n) is 5.12. The number of aromatic amines is 2. The van der Waals surface area contributed by atoms with Gasteiger partial charge < -0.3 is 15.5 Å². The Morgan fingerprint density at radius 2 is 1.96 bits per heavy atom. The molecular formula is C19H19N5O. The highest BCUT2D eigenvalue weighted by Crippen LogP contribution is 2.34. The highest BCUT2D eigenvalue weighted by atomic mass is 16.5. The summed E-state index contributed by atoms with van der Waals surface area (Å²) < 4.78 is 5.48. The molecular weight excluding hydrogens is 314 g/mol. The lowest BCUT2D eigenvalue weighted by Gasteiger charge is -2.20. The number of hydrogen-bond acceptors (Lipinski definition) is 4. The second-order valence-corrected chi connectivity index (χ2v) is 6.60. The first kappa shape index (κ1) is 14.5. The summed E-state index contributed by atoms with van der Waals surface area (Å²) in [5.41, 5.74) is 11.4. The fourth-order valence-electron chi connectivity index (χ4n) is 3.73. The zero-order valence-corrected chi connectivity index (χ0v) is 13.7. The van der Waals surface area contributed by atoms with Gasteiger partial charge in [-0.05, 0) is 48.2 Å². The van der Waals surface area contributed by atoms with Crippen molar-refractivity contribution in [3.63, 3.8) is 0 Å². The molecule has 25 heavy (non-hydrogen) atoms. The number of rotatable bonds is 2. The number of fused-ring (bicyclic) bond motifs is 2. The maximum absolute atomic E-state index is 5.96. The lowest BCUT2D eigenvalue weighted by Crippen LogP contribution is -2.14. The van der Waals surface area contributed by atoms with Gasteiger partial charge in [-0.2, -0.15) is 5.10 Å². The van der Waals surface area contributed by atoms with E-state index in [2.05, 4.69) is 44.4 Å². The number of nitrogens with two attached hydrogens (primary N) is 1. The summed E-state index contributed by atoms with van der Waals surface area (Å²) in [5.74, 6) is 1.04. The molecule has 0 aliphatic carbocycles. The Bertz CT molecular complexity index is 1060. The molecule has 1 fully saturated rings. The second-order valence-electron chi connectivity index (χ2n) is 6.60. The van der Waals surface area contributed by atoms with Crippen molar-refractivity contribution < 1.29 is 4.74 Å². The van der Waals surface area contributed by atoms with E-state index in [4.69, 9.17) is 10.5 Å². The van der Waals surface area contributed by atoms with E-state index < -0.39 is 0 Å². The van der Waals surface area contributed by atoms with Crippen LogP contribution in [-0.4, -0.2) is 33.4 Å². The Hall–Kier alpha value is -2.86. The second kappa shape index (κ2) is 5.60. The van der Waals surface area contributed by atoms with Crippen molar-refractivity contribution in [3.05, 3.63) is 42.2 Å². The molecule has 0 bridgehead atoms. The van der Waals surface area contributed by atoms with E-state index in [1.54, 1.807) is 0 Å². The van der Waals surface area contributed by atoms with Crippen LogP contribution in [0.3, 0.4) is 0 Å². The van der Waals surface area contributed by atoms with E-state index >= 15 is 0 Å². The lowest BCUT2D eigenvalue weighted by atomic mass is 9.96. The number of anilines is 1. The van der Waals surface area contributed by atoms with E-state index in [1.165, 1.54) is 5.69 Å². The summed E-state index contributed by atoms with van der Waals surface area (Å²) in [6.45, 7) is 1.66. The van der Waals surface area contributed by atoms with Gasteiger partial charge in [0.2, 0.25) is 0 Å². The molecule has 0 atom stereocenters. The summed E-state index contributed by atoms with van der Waals surface area (Å²) in [6.07, 6.45) is 3.96. The molecule has 3 aromatic heterocycles. The molecule has 6 nitrogen and oxygen atoms in total. The molecule has 1 aliphatic rings. The Morgan fingerprint density at radius 1 is 1.08 bits per heavy atom. The zero-order chi connectivity index (χ0) is 16.8. The molecule has 0 unspecified atom stereocenters. The third-order valence-corrected chi connectivity index (χ3v) is 5.12. The molecule has 4 aromatic rings. The molecule has 1 aliphatic heterocycles. The first-order valence-electron chi connectivity index (χ1n) is 8.59. The van der Waals surface area contributed by atoms with Crippen LogP contribution in [0.25, 0.3) is 33.1 Å². The van der Waals surface area contributed by atoms with Crippen LogP contribution in [0.5, 0.6) is 0 Å². The van der Waals surface area contributed by atoms with Crippen LogP contribution < -0.4 is 5.73 Å². The zero-order valence-electron chi connectivity index (χ0n) is 13.7. The van der Waals surface area contributed by atoms with Gasteiger partial charge in [0, 0.05) is 41.8 Å². The summed E-state index contributed by atoms with van der Waals surface area (Å²) in [4.78, 5) is 8.03. The maximum atomic E-state index is 5.96. The summed E-state index contributed by atoms with van der Waals surface area (Å²) in [7, 11) is 0. The van der Waals surface area contributed by atoms with Crippen molar-refractivity contribution in [3.8, 4) is 11.1 Å². The normalized spacial score (nSPS) is 16.0. The van der Waals surface area contributed by atoms with E-state index in [0.29, 0.717) is 11.7 Å². The number of nitrogen functional groups attached to an aromatic ring is 1. The van der Waals surface area contributed by atoms with Crippen molar-refractivity contribution in [1.29, 1.82) is 0 Å². The fraction of sp³-hybridized carbons (Fsp3) is 0.263. The largest absolute Gasteiger partial charge is 0.382 e. The van der Waals surface area contributed by atoms with Gasteiger partial charge in [0.15, 0.2) is 5.82 Å². The molecule has 5 rings (SSSR count). The number of pyridine rings is 1. The SMILES string of the molecule is Nc1n[nH]c2ccc(-c3ccnc4[nH]c(C5CCOCC5)cc34)cc12. The Balaban J connectivity index is 1.64. The van der Waals surface area contributed by atoms with Gasteiger partial charge in [0.05, 0.1) is 5.52 Å². The first-order chi connectivity index (χ1) is 12.3. The van der Waals surface area contributed by atoms with E-state index in [1.807, 2.05) is 12.3 Å². The molecule has 1 aromatic carbocycles. The number of benzene rings is 1. The van der Waals surface area contributed by atoms with Gasteiger partial charge >= 0.3 is 0 Å². The predicted octanol–water partition coefficient (Wildman–Crippen LogP) is 3.58. The summed E-state index contributed by atoms with van der Waals surface area (Å²) in [6, 6.07) is 10.5. The van der Waals surface area contributed by atoms with E-state index in [0.717, 1.165) is 59.1 Å². The van der Waals surface area contributed by atoms with Crippen molar-refractivity contribution in [1.82, 2.24) is 20.2 Å². The summed E-state index contributed by atoms with van der Waals surface area (Å²) >= 11 is 0. The van der Waals surface area contributed by atoms with Crippen LogP contribution in [0.1, 0.15) is 24.5 Å². The average Bonchev–Trinajstić information content (AvgIpc) is 3.26. The van der Waals surface area contributed by atoms with Gasteiger partial charge in [0.25, 0.3) is 0 Å². The Morgan fingerprint density at radius 3 is 2.84 bits per heavy atom. The van der Waals surface area contributed by atoms with Crippen LogP contribution in [0.4, 0.5) is 5.82 Å². The van der Waals surface area contributed by atoms with Crippen LogP contribution in [0, 0.1) is 0 Å². The van der Waals surface area contributed by atoms with Crippen LogP contribution in [0.15, 0.2) is 36.5 Å². The lowest BCUT2D eigenvalue weighted by molar-refractivity contribution is 0.0846. The minimum absolute atomic E-state index is 0.516. The van der Waals surface area contributed by atoms with Gasteiger partial charge in [0.1, 0.15) is 5.65 Å². The van der Waals surface area contributed by atoms with Crippen LogP contribution in [-0.2, 0) is 4.74 Å². The smallest absolute Gasteiger partial charge is 0.153 e. The van der Waals surface area contributed by atoms with Gasteiger partial charge in [-0.15, -0.1) is 0 Å². The summed E-state index contributed by atoms with van der Waals surface area (Å²) in [5, 5.41) is 9.12. The molecule has 126 valence electrons. The van der Waals surface area contributed by atoms with Crippen LogP contribution >= 0.6 is 0 Å². The number of H-pyrrole nitrogens is 2. The molecule has 6 heteroatoms. The topological polar surface area (TPSA) is 92.6 Å². The number of nitrogens with one attached hydrogen (secondary N) is 2. The fourth-order valence-corrected chi connectivity index (χ4v) is 3.73. The molecule has 0 spiro atoms. The molecule has 0 saturated carbocycles. The highest BCUT2D eigenvalue weighted by molar-refractivity contribution is 5.98. The quantitative estimate of drug-likeness (QED) is 0.523. The van der Waals surface area contributed by atoms with E-state index in [-0.39, 0.29) is 0 Å².